The summed E-state index contributed by atoms with van der Waals surface area (Å²) in [5.41, 5.74) is 0.155. The summed E-state index contributed by atoms with van der Waals surface area (Å²) in [6.07, 6.45) is 0. The summed E-state index contributed by atoms with van der Waals surface area (Å²) in [5.74, 6) is -1.39. The van der Waals surface area contributed by atoms with E-state index in [1.54, 1.807) is 11.8 Å². The number of nitrogens with one attached hydrogen (secondary N) is 2. The fourth-order valence-corrected chi connectivity index (χ4v) is 4.56. The van der Waals surface area contributed by atoms with Crippen LogP contribution in [0.5, 0.6) is 0 Å². The van der Waals surface area contributed by atoms with Crippen molar-refractivity contribution in [3.05, 3.63) is 58.9 Å². The lowest BCUT2D eigenvalue weighted by Gasteiger charge is -2.29. The molecule has 2 amide bonds. The molecule has 0 saturated carbocycles. The maximum Gasteiger partial charge on any atom is 0.263 e. The van der Waals surface area contributed by atoms with Crippen molar-refractivity contribution >= 4 is 39.1 Å². The maximum absolute atomic E-state index is 13.1. The van der Waals surface area contributed by atoms with Gasteiger partial charge in [-0.2, -0.15) is 0 Å². The third-order valence-corrected chi connectivity index (χ3v) is 6.48. The quantitative estimate of drug-likeness (QED) is 0.675. The molecule has 11 heteroatoms. The summed E-state index contributed by atoms with van der Waals surface area (Å²) >= 11 is 6.05. The molecule has 1 heterocycles. The Hall–Kier alpha value is -2.69. The molecular formula is C20H21ClFN3O5S. The third kappa shape index (κ3) is 5.72. The minimum absolute atomic E-state index is 0.0190. The van der Waals surface area contributed by atoms with Gasteiger partial charge in [0.15, 0.2) is 0 Å². The van der Waals surface area contributed by atoms with E-state index < -0.39 is 27.8 Å². The number of hydrogen-bond acceptors (Lipinski definition) is 5. The van der Waals surface area contributed by atoms with Crippen LogP contribution >= 0.6 is 11.6 Å². The predicted molar refractivity (Wildman–Crippen MR) is 113 cm³/mol. The standard InChI is InChI=1S/C20H21ClFN3O5S/c1-13(20(27)25-8-10-30-11-9-25)23-19(26)14-2-7-17(21)18(12-14)31(28,29)24-16-5-3-15(22)4-6-16/h2-7,12-13,24H,8-11H2,1H3,(H,23,26). The minimum Gasteiger partial charge on any atom is -0.378 e. The van der Waals surface area contributed by atoms with Crippen molar-refractivity contribution in [3.63, 3.8) is 0 Å². The van der Waals surface area contributed by atoms with Gasteiger partial charge in [0.05, 0.1) is 18.2 Å². The van der Waals surface area contributed by atoms with Crippen LogP contribution in [0, 0.1) is 5.82 Å². The summed E-state index contributed by atoms with van der Waals surface area (Å²) < 4.78 is 46.0. The summed E-state index contributed by atoms with van der Waals surface area (Å²) in [5, 5.41) is 2.48. The van der Waals surface area contributed by atoms with Gasteiger partial charge in [-0.25, -0.2) is 12.8 Å². The van der Waals surface area contributed by atoms with Crippen LogP contribution in [0.1, 0.15) is 17.3 Å². The van der Waals surface area contributed by atoms with Gasteiger partial charge in [0.2, 0.25) is 5.91 Å². The predicted octanol–water partition coefficient (Wildman–Crippen LogP) is 2.26. The SMILES string of the molecule is CC(NC(=O)c1ccc(Cl)c(S(=O)(=O)Nc2ccc(F)cc2)c1)C(=O)N1CCOCC1. The Kier molecular flexibility index (Phi) is 7.14. The highest BCUT2D eigenvalue weighted by molar-refractivity contribution is 7.92. The molecule has 2 aromatic rings. The highest BCUT2D eigenvalue weighted by atomic mass is 35.5. The van der Waals surface area contributed by atoms with Crippen molar-refractivity contribution in [2.24, 2.45) is 0 Å². The minimum atomic E-state index is -4.15. The molecule has 0 aromatic heterocycles. The van der Waals surface area contributed by atoms with E-state index in [9.17, 15) is 22.4 Å². The number of carbonyl (C=O) groups is 2. The first-order valence-electron chi connectivity index (χ1n) is 9.43. The van der Waals surface area contributed by atoms with Crippen molar-refractivity contribution in [1.29, 1.82) is 0 Å². The van der Waals surface area contributed by atoms with Gasteiger partial charge >= 0.3 is 0 Å². The number of amides is 2. The number of nitrogens with zero attached hydrogens (tertiary/aromatic N) is 1. The number of carbonyl (C=O) groups excluding carboxylic acids is 2. The van der Waals surface area contributed by atoms with Gasteiger partial charge in [0.1, 0.15) is 16.8 Å². The fraction of sp³-hybridized carbons (Fsp3) is 0.300. The monoisotopic (exact) mass is 469 g/mol. The number of benzene rings is 2. The van der Waals surface area contributed by atoms with Crippen molar-refractivity contribution in [1.82, 2.24) is 10.2 Å². The molecule has 31 heavy (non-hydrogen) atoms. The second kappa shape index (κ2) is 9.63. The van der Waals surface area contributed by atoms with Crippen molar-refractivity contribution in [2.75, 3.05) is 31.0 Å². The van der Waals surface area contributed by atoms with Gasteiger partial charge in [-0.05, 0) is 49.4 Å². The number of halogens is 2. The zero-order valence-electron chi connectivity index (χ0n) is 16.6. The van der Waals surface area contributed by atoms with Crippen molar-refractivity contribution in [3.8, 4) is 0 Å². The van der Waals surface area contributed by atoms with E-state index in [1.807, 2.05) is 0 Å². The van der Waals surface area contributed by atoms with Gasteiger partial charge in [-0.3, -0.25) is 14.3 Å². The Balaban J connectivity index is 1.75. The smallest absolute Gasteiger partial charge is 0.263 e. The molecule has 166 valence electrons. The van der Waals surface area contributed by atoms with E-state index in [4.69, 9.17) is 16.3 Å². The second-order valence-corrected chi connectivity index (χ2v) is 8.95. The normalized spacial score (nSPS) is 15.3. The molecule has 3 rings (SSSR count). The molecule has 1 aliphatic heterocycles. The van der Waals surface area contributed by atoms with E-state index in [1.165, 1.54) is 24.3 Å². The van der Waals surface area contributed by atoms with E-state index in [0.717, 1.165) is 18.2 Å². The lowest BCUT2D eigenvalue weighted by Crippen LogP contribution is -2.50. The molecular weight excluding hydrogens is 449 g/mol. The number of hydrogen-bond donors (Lipinski definition) is 2. The largest absolute Gasteiger partial charge is 0.378 e. The number of sulfonamides is 1. The topological polar surface area (TPSA) is 105 Å². The van der Waals surface area contributed by atoms with Gasteiger partial charge in [0.25, 0.3) is 15.9 Å². The van der Waals surface area contributed by atoms with Gasteiger partial charge in [0, 0.05) is 24.3 Å². The highest BCUT2D eigenvalue weighted by Crippen LogP contribution is 2.25. The van der Waals surface area contributed by atoms with Crippen LogP contribution in [0.2, 0.25) is 5.02 Å². The number of ether oxygens (including phenoxy) is 1. The van der Waals surface area contributed by atoms with E-state index in [0.29, 0.717) is 26.3 Å². The third-order valence-electron chi connectivity index (χ3n) is 4.62. The Labute approximate surface area is 184 Å². The molecule has 1 aliphatic rings. The average Bonchev–Trinajstić information content (AvgIpc) is 2.75. The fourth-order valence-electron chi connectivity index (χ4n) is 2.98. The van der Waals surface area contributed by atoms with E-state index >= 15 is 0 Å². The molecule has 1 atom stereocenters. The van der Waals surface area contributed by atoms with Crippen LogP contribution in [0.4, 0.5) is 10.1 Å². The number of morpholine rings is 1. The van der Waals surface area contributed by atoms with Gasteiger partial charge in [-0.1, -0.05) is 11.6 Å². The van der Waals surface area contributed by atoms with Crippen molar-refractivity contribution in [2.45, 2.75) is 17.9 Å². The van der Waals surface area contributed by atoms with Crippen LogP contribution in [-0.4, -0.2) is 57.5 Å². The van der Waals surface area contributed by atoms with Gasteiger partial charge in [-0.15, -0.1) is 0 Å². The molecule has 0 radical (unpaired) electrons. The first kappa shape index (κ1) is 23.0. The second-order valence-electron chi connectivity index (χ2n) is 6.89. The van der Waals surface area contributed by atoms with Crippen LogP contribution in [-0.2, 0) is 19.6 Å². The molecule has 0 spiro atoms. The molecule has 0 aliphatic carbocycles. The molecule has 1 unspecified atom stereocenters. The summed E-state index contributed by atoms with van der Waals surface area (Å²) in [7, 11) is -4.15. The highest BCUT2D eigenvalue weighted by Gasteiger charge is 2.25. The molecule has 0 bridgehead atoms. The lowest BCUT2D eigenvalue weighted by molar-refractivity contribution is -0.136. The van der Waals surface area contributed by atoms with E-state index in [-0.39, 0.29) is 27.1 Å². The van der Waals surface area contributed by atoms with Crippen molar-refractivity contribution < 1.29 is 27.1 Å². The molecule has 8 nitrogen and oxygen atoms in total. The number of anilines is 1. The Morgan fingerprint density at radius 3 is 2.42 bits per heavy atom. The summed E-state index contributed by atoms with van der Waals surface area (Å²) in [6, 6.07) is 7.69. The van der Waals surface area contributed by atoms with E-state index in [2.05, 4.69) is 10.0 Å². The molecule has 2 N–H and O–H groups in total. The maximum atomic E-state index is 13.1. The Morgan fingerprint density at radius 1 is 1.13 bits per heavy atom. The molecule has 1 fully saturated rings. The van der Waals surface area contributed by atoms with Crippen LogP contribution in [0.25, 0.3) is 0 Å². The van der Waals surface area contributed by atoms with Gasteiger partial charge < -0.3 is 15.0 Å². The Morgan fingerprint density at radius 2 is 1.77 bits per heavy atom. The average molecular weight is 470 g/mol. The molecule has 2 aromatic carbocycles. The zero-order valence-corrected chi connectivity index (χ0v) is 18.2. The van der Waals surface area contributed by atoms with Crippen LogP contribution in [0.3, 0.4) is 0 Å². The first-order chi connectivity index (χ1) is 14.7. The summed E-state index contributed by atoms with van der Waals surface area (Å²) in [4.78, 5) is 26.4. The van der Waals surface area contributed by atoms with Crippen LogP contribution in [0.15, 0.2) is 47.4 Å². The number of rotatable bonds is 6. The summed E-state index contributed by atoms with van der Waals surface area (Å²) in [6.45, 7) is 3.31. The first-order valence-corrected chi connectivity index (χ1v) is 11.3. The lowest BCUT2D eigenvalue weighted by atomic mass is 10.2. The molecule has 1 saturated heterocycles. The van der Waals surface area contributed by atoms with Crippen LogP contribution < -0.4 is 10.0 Å². The zero-order chi connectivity index (χ0) is 22.6. The Bertz CT molecular complexity index is 1070.